The summed E-state index contributed by atoms with van der Waals surface area (Å²) in [4.78, 5) is 28.8. The van der Waals surface area contributed by atoms with Crippen molar-refractivity contribution >= 4 is 51.1 Å². The van der Waals surface area contributed by atoms with Crippen molar-refractivity contribution in [3.63, 3.8) is 0 Å². The number of rotatable bonds is 12. The molecule has 2 amide bonds. The molecule has 1 N–H and O–H groups in total. The van der Waals surface area contributed by atoms with Crippen LogP contribution >= 0.6 is 39.3 Å². The number of hydrogen-bond acceptors (Lipinski definition) is 3. The van der Waals surface area contributed by atoms with Gasteiger partial charge in [0.25, 0.3) is 0 Å². The van der Waals surface area contributed by atoms with Gasteiger partial charge in [0.2, 0.25) is 11.8 Å². The van der Waals surface area contributed by atoms with Gasteiger partial charge in [-0.25, -0.2) is 4.39 Å². The van der Waals surface area contributed by atoms with E-state index in [0.717, 1.165) is 22.0 Å². The topological polar surface area (TPSA) is 49.4 Å². The number of benzene rings is 3. The molecule has 3 aromatic rings. The van der Waals surface area contributed by atoms with Gasteiger partial charge in [-0.3, -0.25) is 9.59 Å². The molecule has 3 aromatic carbocycles. The van der Waals surface area contributed by atoms with E-state index in [1.54, 1.807) is 17.0 Å². The van der Waals surface area contributed by atoms with Crippen molar-refractivity contribution in [1.82, 2.24) is 10.2 Å². The predicted molar refractivity (Wildman–Crippen MR) is 154 cm³/mol. The first-order valence-electron chi connectivity index (χ1n) is 12.2. The number of thioether (sulfide) groups is 1. The number of nitrogens with one attached hydrogen (secondary N) is 1. The highest BCUT2D eigenvalue weighted by Crippen LogP contribution is 2.25. The lowest BCUT2D eigenvalue weighted by Crippen LogP contribution is -2.52. The maximum Gasteiger partial charge on any atom is 0.243 e. The second-order valence-electron chi connectivity index (χ2n) is 8.86. The molecule has 0 spiro atoms. The molecule has 2 atom stereocenters. The summed E-state index contributed by atoms with van der Waals surface area (Å²) in [5.41, 5.74) is 2.25. The van der Waals surface area contributed by atoms with Crippen LogP contribution in [0.25, 0.3) is 0 Å². The molecule has 196 valence electrons. The molecular formula is C29H31BrClFN2O2S. The Morgan fingerprint density at radius 2 is 1.73 bits per heavy atom. The van der Waals surface area contributed by atoms with Crippen molar-refractivity contribution in [3.05, 3.63) is 105 Å². The van der Waals surface area contributed by atoms with Crippen LogP contribution in [0.3, 0.4) is 0 Å². The Bertz CT molecular complexity index is 1160. The minimum absolute atomic E-state index is 0.0204. The third kappa shape index (κ3) is 8.87. The molecular weight excluding hydrogens is 575 g/mol. The van der Waals surface area contributed by atoms with Gasteiger partial charge in [0, 0.05) is 39.8 Å². The van der Waals surface area contributed by atoms with Crippen LogP contribution in [0.4, 0.5) is 4.39 Å². The van der Waals surface area contributed by atoms with E-state index in [0.29, 0.717) is 17.0 Å². The number of hydrogen-bond donors (Lipinski definition) is 1. The van der Waals surface area contributed by atoms with Gasteiger partial charge in [-0.05, 0) is 48.7 Å². The molecule has 0 radical (unpaired) electrons. The van der Waals surface area contributed by atoms with E-state index < -0.39 is 11.9 Å². The van der Waals surface area contributed by atoms with Crippen LogP contribution in [-0.4, -0.2) is 34.6 Å². The minimum atomic E-state index is -0.704. The Kier molecular flexibility index (Phi) is 11.5. The Morgan fingerprint density at radius 3 is 2.38 bits per heavy atom. The number of halogens is 3. The summed E-state index contributed by atoms with van der Waals surface area (Å²) in [6, 6.07) is 21.2. The molecule has 37 heavy (non-hydrogen) atoms. The minimum Gasteiger partial charge on any atom is -0.352 e. The van der Waals surface area contributed by atoms with E-state index in [1.165, 1.54) is 17.8 Å². The van der Waals surface area contributed by atoms with Crippen molar-refractivity contribution in [2.45, 2.75) is 51.1 Å². The summed E-state index contributed by atoms with van der Waals surface area (Å²) in [6.07, 6.45) is 1.17. The molecule has 0 aliphatic carbocycles. The molecule has 8 heteroatoms. The van der Waals surface area contributed by atoms with E-state index >= 15 is 0 Å². The largest absolute Gasteiger partial charge is 0.352 e. The van der Waals surface area contributed by atoms with E-state index in [9.17, 15) is 14.0 Å². The molecule has 0 aliphatic rings. The van der Waals surface area contributed by atoms with E-state index in [1.807, 2.05) is 68.4 Å². The zero-order valence-corrected chi connectivity index (χ0v) is 24.1. The molecule has 0 bridgehead atoms. The second-order valence-corrected chi connectivity index (χ2v) is 11.2. The average Bonchev–Trinajstić information content (AvgIpc) is 2.89. The first kappa shape index (κ1) is 29.2. The summed E-state index contributed by atoms with van der Waals surface area (Å²) in [5.74, 6) is -0.435. The Morgan fingerprint density at radius 1 is 1.03 bits per heavy atom. The molecule has 3 rings (SSSR count). The average molecular weight is 606 g/mol. The van der Waals surface area contributed by atoms with Gasteiger partial charge in [0.15, 0.2) is 0 Å². The molecule has 0 fully saturated rings. The van der Waals surface area contributed by atoms with Crippen LogP contribution in [0.15, 0.2) is 77.3 Å². The first-order valence-corrected chi connectivity index (χ1v) is 14.5. The molecule has 0 unspecified atom stereocenters. The molecule has 0 saturated heterocycles. The lowest BCUT2D eigenvalue weighted by molar-refractivity contribution is -0.139. The van der Waals surface area contributed by atoms with Gasteiger partial charge in [-0.15, -0.1) is 11.8 Å². The quantitative estimate of drug-likeness (QED) is 0.241. The molecule has 0 saturated carbocycles. The number of nitrogens with zero attached hydrogens (tertiary/aromatic N) is 1. The normalized spacial score (nSPS) is 12.6. The van der Waals surface area contributed by atoms with Crippen LogP contribution in [0.1, 0.15) is 37.0 Å². The highest BCUT2D eigenvalue weighted by Gasteiger charge is 2.31. The summed E-state index contributed by atoms with van der Waals surface area (Å²) in [6.45, 7) is 4.23. The zero-order valence-electron chi connectivity index (χ0n) is 20.9. The first-order chi connectivity index (χ1) is 17.8. The standard InChI is InChI=1S/C29H31BrClFN2O2S/c1-3-20(2)33-29(36)27(16-21-8-5-4-6-9-21)34(17-22-12-14-23(30)15-13-22)28(35)19-37-18-24-25(31)10-7-11-26(24)32/h4-15,20,27H,3,16-19H2,1-2H3,(H,33,36)/t20-,27-/m0/s1. The monoisotopic (exact) mass is 604 g/mol. The van der Waals surface area contributed by atoms with Crippen LogP contribution < -0.4 is 5.32 Å². The number of amides is 2. The fourth-order valence-corrected chi connectivity index (χ4v) is 5.29. The summed E-state index contributed by atoms with van der Waals surface area (Å²) >= 11 is 10.9. The lowest BCUT2D eigenvalue weighted by atomic mass is 10.0. The van der Waals surface area contributed by atoms with E-state index in [2.05, 4.69) is 21.2 Å². The van der Waals surface area contributed by atoms with Crippen molar-refractivity contribution in [1.29, 1.82) is 0 Å². The molecule has 0 heterocycles. The van der Waals surface area contributed by atoms with Crippen molar-refractivity contribution in [3.8, 4) is 0 Å². The fraction of sp³-hybridized carbons (Fsp3) is 0.310. The predicted octanol–water partition coefficient (Wildman–Crippen LogP) is 7.03. The Balaban J connectivity index is 1.87. The third-order valence-electron chi connectivity index (χ3n) is 6.07. The van der Waals surface area contributed by atoms with Crippen LogP contribution in [0.5, 0.6) is 0 Å². The van der Waals surface area contributed by atoms with Gasteiger partial charge in [-0.2, -0.15) is 0 Å². The maximum absolute atomic E-state index is 14.2. The number of carbonyl (C=O) groups excluding carboxylic acids is 2. The van der Waals surface area contributed by atoms with Crippen LogP contribution in [0, 0.1) is 5.82 Å². The Labute approximate surface area is 236 Å². The number of carbonyl (C=O) groups is 2. The van der Waals surface area contributed by atoms with E-state index in [-0.39, 0.29) is 35.9 Å². The highest BCUT2D eigenvalue weighted by atomic mass is 79.9. The summed E-state index contributed by atoms with van der Waals surface area (Å²) in [7, 11) is 0. The van der Waals surface area contributed by atoms with Gasteiger partial charge < -0.3 is 10.2 Å². The van der Waals surface area contributed by atoms with E-state index in [4.69, 9.17) is 11.6 Å². The fourth-order valence-electron chi connectivity index (χ4n) is 3.78. The molecule has 4 nitrogen and oxygen atoms in total. The van der Waals surface area contributed by atoms with Gasteiger partial charge in [0.05, 0.1) is 5.75 Å². The second kappa shape index (κ2) is 14.6. The highest BCUT2D eigenvalue weighted by molar-refractivity contribution is 9.10. The molecule has 0 aliphatic heterocycles. The van der Waals surface area contributed by atoms with Crippen molar-refractivity contribution in [2.75, 3.05) is 5.75 Å². The lowest BCUT2D eigenvalue weighted by Gasteiger charge is -2.32. The smallest absolute Gasteiger partial charge is 0.243 e. The van der Waals surface area contributed by atoms with Crippen molar-refractivity contribution in [2.24, 2.45) is 0 Å². The molecule has 0 aromatic heterocycles. The SMILES string of the molecule is CC[C@H](C)NC(=O)[C@H](Cc1ccccc1)N(Cc1ccc(Br)cc1)C(=O)CSCc1c(F)cccc1Cl. The van der Waals surface area contributed by atoms with Gasteiger partial charge in [0.1, 0.15) is 11.9 Å². The van der Waals surface area contributed by atoms with Crippen LogP contribution in [0.2, 0.25) is 5.02 Å². The summed E-state index contributed by atoms with van der Waals surface area (Å²) < 4.78 is 15.2. The van der Waals surface area contributed by atoms with Gasteiger partial charge >= 0.3 is 0 Å². The zero-order chi connectivity index (χ0) is 26.8. The third-order valence-corrected chi connectivity index (χ3v) is 7.90. The van der Waals surface area contributed by atoms with Crippen molar-refractivity contribution < 1.29 is 14.0 Å². The maximum atomic E-state index is 14.2. The Hall–Kier alpha value is -2.35. The van der Waals surface area contributed by atoms with Crippen LogP contribution in [-0.2, 0) is 28.3 Å². The van der Waals surface area contributed by atoms with Gasteiger partial charge in [-0.1, -0.05) is 83.0 Å². The summed E-state index contributed by atoms with van der Waals surface area (Å²) in [5, 5.41) is 3.40.